The first-order valence-electron chi connectivity index (χ1n) is 19.4. The summed E-state index contributed by atoms with van der Waals surface area (Å²) in [6.45, 7) is 1.95. The van der Waals surface area contributed by atoms with Gasteiger partial charge in [-0.1, -0.05) is 183 Å². The van der Waals surface area contributed by atoms with Crippen molar-refractivity contribution in [3.8, 4) is 66.8 Å². The third-order valence-electron chi connectivity index (χ3n) is 10.4. The van der Waals surface area contributed by atoms with Crippen LogP contribution in [-0.4, -0.2) is 9.97 Å². The number of nitrogens with zero attached hydrogens (tertiary/aromatic N) is 2. The average Bonchev–Trinajstić information content (AvgIpc) is 3.23. The monoisotopic (exact) mass is 701 g/mol. The van der Waals surface area contributed by atoms with E-state index in [0.717, 1.165) is 87.9 Å². The Kier molecular flexibility index (Phi) is 7.53. The van der Waals surface area contributed by atoms with Crippen LogP contribution in [0.25, 0.3) is 66.8 Å². The molecule has 0 radical (unpaired) electrons. The average molecular weight is 702 g/mol. The van der Waals surface area contributed by atoms with Crippen molar-refractivity contribution in [3.63, 3.8) is 0 Å². The van der Waals surface area contributed by atoms with Gasteiger partial charge in [0, 0.05) is 26.8 Å². The molecule has 0 saturated carbocycles. The van der Waals surface area contributed by atoms with E-state index >= 15 is 0 Å². The Morgan fingerprint density at radius 3 is 1.45 bits per heavy atom. The number of rotatable bonds is 6. The summed E-state index contributed by atoms with van der Waals surface area (Å²) in [4.78, 5) is 10.3. The van der Waals surface area contributed by atoms with Crippen molar-refractivity contribution in [3.05, 3.63) is 193 Å². The van der Waals surface area contributed by atoms with Gasteiger partial charge in [0.15, 0.2) is 0 Å². The molecule has 3 heteroatoms. The van der Waals surface area contributed by atoms with Crippen molar-refractivity contribution in [2.75, 3.05) is 0 Å². The zero-order valence-corrected chi connectivity index (χ0v) is 30.4. The van der Waals surface area contributed by atoms with Gasteiger partial charge in [-0.25, -0.2) is 4.98 Å². The Morgan fingerprint density at radius 2 is 0.925 bits per heavy atom. The smallest absolute Gasteiger partial charge is 0.123 e. The minimum atomic E-state index is -2.32. The van der Waals surface area contributed by atoms with Crippen LogP contribution < -0.4 is 0 Å². The molecule has 9 rings (SSSR count). The maximum atomic E-state index is 8.64. The number of benzene rings is 7. The molecule has 1 aliphatic heterocycles. The highest BCUT2D eigenvalue weighted by molar-refractivity contribution is 7.99. The van der Waals surface area contributed by atoms with Crippen LogP contribution >= 0.6 is 11.8 Å². The van der Waals surface area contributed by atoms with Gasteiger partial charge in [-0.15, -0.1) is 0 Å². The third kappa shape index (κ3) is 5.78. The van der Waals surface area contributed by atoms with E-state index in [1.807, 2.05) is 6.07 Å². The van der Waals surface area contributed by atoms with E-state index < -0.39 is 12.3 Å². The molecule has 0 bridgehead atoms. The molecule has 0 unspecified atom stereocenters. The molecule has 53 heavy (non-hydrogen) atoms. The molecule has 1 aromatic heterocycles. The van der Waals surface area contributed by atoms with E-state index in [9.17, 15) is 0 Å². The number of aryl methyl sites for hydroxylation is 1. The van der Waals surface area contributed by atoms with Crippen LogP contribution in [0.15, 0.2) is 186 Å². The quantitative estimate of drug-likeness (QED) is 0.173. The Morgan fingerprint density at radius 1 is 0.472 bits per heavy atom. The highest BCUT2D eigenvalue weighted by Crippen LogP contribution is 2.53. The van der Waals surface area contributed by atoms with E-state index in [1.54, 1.807) is 18.5 Å². The van der Waals surface area contributed by atoms with Crippen molar-refractivity contribution in [1.29, 1.82) is 0 Å². The van der Waals surface area contributed by atoms with E-state index in [4.69, 9.17) is 14.1 Å². The zero-order valence-electron chi connectivity index (χ0n) is 32.5. The molecule has 0 N–H and O–H groups in total. The number of hydrogen-bond donors (Lipinski definition) is 0. The standard InChI is InChI=1S/C50H38N2S/c1-33-24-29-42-47(53-49-48(50(42,2)3)51-30-31-52-49)43(33)38-25-27-39(28-26-38)45-41(35-18-10-5-11-19-35)32-40(34-16-8-4-9-17-34)44(36-20-12-6-13-21-36)46(45)37-22-14-7-15-23-37/h4-32H,1-3H3/i1D3. The highest BCUT2D eigenvalue weighted by Gasteiger charge is 2.37. The topological polar surface area (TPSA) is 25.8 Å². The molecule has 0 fully saturated rings. The van der Waals surface area contributed by atoms with E-state index in [1.165, 1.54) is 11.8 Å². The van der Waals surface area contributed by atoms with Gasteiger partial charge in [-0.05, 0) is 90.8 Å². The van der Waals surface area contributed by atoms with Gasteiger partial charge in [0.1, 0.15) is 5.03 Å². The van der Waals surface area contributed by atoms with Gasteiger partial charge in [0.05, 0.1) is 5.69 Å². The second-order valence-electron chi connectivity index (χ2n) is 13.9. The molecule has 0 saturated heterocycles. The lowest BCUT2D eigenvalue weighted by Crippen LogP contribution is -2.26. The van der Waals surface area contributed by atoms with E-state index in [0.29, 0.717) is 5.56 Å². The van der Waals surface area contributed by atoms with Crippen LogP contribution in [0.4, 0.5) is 0 Å². The largest absolute Gasteiger partial charge is 0.256 e. The van der Waals surface area contributed by atoms with Crippen LogP contribution in [0.5, 0.6) is 0 Å². The summed E-state index contributed by atoms with van der Waals surface area (Å²) < 4.78 is 25.9. The fraction of sp³-hybridized carbons (Fsp3) is 0.0800. The highest BCUT2D eigenvalue weighted by atomic mass is 32.2. The molecule has 254 valence electrons. The molecule has 0 spiro atoms. The molecule has 2 heterocycles. The fourth-order valence-corrected chi connectivity index (χ4v) is 9.27. The lowest BCUT2D eigenvalue weighted by atomic mass is 9.78. The summed E-state index contributed by atoms with van der Waals surface area (Å²) in [6, 6.07) is 57.2. The SMILES string of the molecule is [2H]C([2H])([2H])c1ccc2c(c1-c1ccc(-c3c(-c4ccccc4)cc(-c4ccccc4)c(-c4ccccc4)c3-c3ccccc3)cc1)Sc1nccnc1C2(C)C. The van der Waals surface area contributed by atoms with E-state index in [2.05, 4.69) is 166 Å². The van der Waals surface area contributed by atoms with Crippen LogP contribution in [-0.2, 0) is 5.41 Å². The minimum Gasteiger partial charge on any atom is -0.256 e. The van der Waals surface area contributed by atoms with Gasteiger partial charge in [0.25, 0.3) is 0 Å². The molecule has 7 aromatic carbocycles. The van der Waals surface area contributed by atoms with E-state index in [-0.39, 0.29) is 0 Å². The lowest BCUT2D eigenvalue weighted by Gasteiger charge is -2.34. The first kappa shape index (κ1) is 29.5. The zero-order chi connectivity index (χ0) is 38.4. The van der Waals surface area contributed by atoms with Crippen molar-refractivity contribution in [1.82, 2.24) is 9.97 Å². The van der Waals surface area contributed by atoms with Crippen LogP contribution in [0.2, 0.25) is 0 Å². The fourth-order valence-electron chi connectivity index (χ4n) is 7.80. The summed E-state index contributed by atoms with van der Waals surface area (Å²) in [5.74, 6) is 0. The molecule has 0 atom stereocenters. The summed E-state index contributed by atoms with van der Waals surface area (Å²) in [7, 11) is 0. The molecule has 1 aliphatic rings. The lowest BCUT2D eigenvalue weighted by molar-refractivity contribution is 0.573. The Labute approximate surface area is 320 Å². The normalized spacial score (nSPS) is 14.0. The van der Waals surface area contributed by atoms with Crippen molar-refractivity contribution in [2.45, 2.75) is 36.0 Å². The molecule has 8 aromatic rings. The maximum Gasteiger partial charge on any atom is 0.123 e. The molecular weight excluding hydrogens is 661 g/mol. The first-order chi connectivity index (χ1) is 27.2. The predicted octanol–water partition coefficient (Wildman–Crippen LogP) is 13.6. The Bertz CT molecular complexity index is 2690. The number of aromatic nitrogens is 2. The Hall–Kier alpha value is -6.03. The maximum absolute atomic E-state index is 8.64. The predicted molar refractivity (Wildman–Crippen MR) is 222 cm³/mol. The van der Waals surface area contributed by atoms with Crippen LogP contribution in [0.1, 0.15) is 34.8 Å². The summed E-state index contributed by atoms with van der Waals surface area (Å²) in [6.07, 6.45) is 3.43. The second-order valence-corrected chi connectivity index (χ2v) is 14.9. The minimum absolute atomic E-state index is 0.327. The summed E-state index contributed by atoms with van der Waals surface area (Å²) in [5, 5.41) is 0.803. The summed E-state index contributed by atoms with van der Waals surface area (Å²) >= 11 is 1.51. The van der Waals surface area contributed by atoms with Crippen molar-refractivity contribution < 1.29 is 4.11 Å². The summed E-state index contributed by atoms with van der Waals surface area (Å²) in [5.41, 5.74) is 14.6. The van der Waals surface area contributed by atoms with Crippen molar-refractivity contribution >= 4 is 11.8 Å². The molecular formula is C50H38N2S. The van der Waals surface area contributed by atoms with Crippen molar-refractivity contribution in [2.24, 2.45) is 0 Å². The number of fused-ring (bicyclic) bond motifs is 2. The molecule has 2 nitrogen and oxygen atoms in total. The second kappa shape index (κ2) is 13.5. The van der Waals surface area contributed by atoms with Crippen LogP contribution in [0, 0.1) is 6.85 Å². The van der Waals surface area contributed by atoms with Gasteiger partial charge in [-0.2, -0.15) is 0 Å². The first-order valence-corrected chi connectivity index (χ1v) is 18.7. The van der Waals surface area contributed by atoms with Crippen LogP contribution in [0.3, 0.4) is 0 Å². The molecule has 0 aliphatic carbocycles. The van der Waals surface area contributed by atoms with Gasteiger partial charge >= 0.3 is 0 Å². The third-order valence-corrected chi connectivity index (χ3v) is 11.5. The number of hydrogen-bond acceptors (Lipinski definition) is 3. The Balaban J connectivity index is 1.33. The van der Waals surface area contributed by atoms with Gasteiger partial charge in [-0.3, -0.25) is 4.98 Å². The molecule has 0 amide bonds. The van der Waals surface area contributed by atoms with Gasteiger partial charge < -0.3 is 0 Å². The van der Waals surface area contributed by atoms with Gasteiger partial charge in [0.2, 0.25) is 0 Å².